The summed E-state index contributed by atoms with van der Waals surface area (Å²) in [7, 11) is 0. The topological polar surface area (TPSA) is 52.2 Å². The molecular formula is C18H17NO3. The number of carbonyl (C=O) groups excluding carboxylic acids is 1. The molecule has 0 fully saturated rings. The lowest BCUT2D eigenvalue weighted by Crippen LogP contribution is -2.23. The predicted molar refractivity (Wildman–Crippen MR) is 85.3 cm³/mol. The lowest BCUT2D eigenvalue weighted by atomic mass is 9.87. The smallest absolute Gasteiger partial charge is 0.407 e. The van der Waals surface area contributed by atoms with Gasteiger partial charge in [-0.1, -0.05) is 45.0 Å². The van der Waals surface area contributed by atoms with E-state index in [1.165, 1.54) is 0 Å². The molecule has 0 aliphatic carbocycles. The molecule has 0 spiro atoms. The third-order valence-electron chi connectivity index (χ3n) is 3.67. The second-order valence-corrected chi connectivity index (χ2v) is 6.31. The third-order valence-corrected chi connectivity index (χ3v) is 3.67. The number of benzene rings is 2. The van der Waals surface area contributed by atoms with Crippen LogP contribution in [0.15, 0.2) is 57.7 Å². The Kier molecular flexibility index (Phi) is 3.24. The van der Waals surface area contributed by atoms with E-state index >= 15 is 0 Å². The first-order valence-corrected chi connectivity index (χ1v) is 7.14. The van der Waals surface area contributed by atoms with Crippen LogP contribution in [0.2, 0.25) is 0 Å². The maximum atomic E-state index is 12.6. The Morgan fingerprint density at radius 1 is 1.05 bits per heavy atom. The normalized spacial score (nSPS) is 11.8. The molecule has 1 heterocycles. The van der Waals surface area contributed by atoms with Gasteiger partial charge in [0, 0.05) is 5.56 Å². The lowest BCUT2D eigenvalue weighted by Gasteiger charge is -2.18. The fourth-order valence-corrected chi connectivity index (χ4v) is 2.39. The summed E-state index contributed by atoms with van der Waals surface area (Å²) < 4.78 is 6.29. The summed E-state index contributed by atoms with van der Waals surface area (Å²) >= 11 is 0. The Bertz CT molecular complexity index is 895. The number of aromatic nitrogens is 1. The third kappa shape index (κ3) is 2.37. The molecule has 4 nitrogen and oxygen atoms in total. The number of fused-ring (bicyclic) bond motifs is 1. The largest absolute Gasteiger partial charge is 0.427 e. The van der Waals surface area contributed by atoms with E-state index in [9.17, 15) is 9.59 Å². The quantitative estimate of drug-likeness (QED) is 0.689. The highest BCUT2D eigenvalue weighted by molar-refractivity contribution is 6.00. The monoisotopic (exact) mass is 295 g/mol. The van der Waals surface area contributed by atoms with Crippen molar-refractivity contribution in [1.29, 1.82) is 0 Å². The van der Waals surface area contributed by atoms with Crippen LogP contribution in [0.4, 0.5) is 0 Å². The maximum absolute atomic E-state index is 12.6. The molecule has 112 valence electrons. The van der Waals surface area contributed by atoms with Crippen LogP contribution in [0.25, 0.3) is 11.1 Å². The highest BCUT2D eigenvalue weighted by Gasteiger charge is 2.20. The van der Waals surface area contributed by atoms with Crippen molar-refractivity contribution in [2.75, 3.05) is 0 Å². The highest BCUT2D eigenvalue weighted by Crippen LogP contribution is 2.26. The molecule has 0 saturated carbocycles. The number of oxazole rings is 1. The fraction of sp³-hybridized carbons (Fsp3) is 0.222. The number of hydrogen-bond donors (Lipinski definition) is 0. The van der Waals surface area contributed by atoms with E-state index in [0.29, 0.717) is 16.7 Å². The van der Waals surface area contributed by atoms with Crippen LogP contribution in [-0.4, -0.2) is 10.5 Å². The molecule has 22 heavy (non-hydrogen) atoms. The summed E-state index contributed by atoms with van der Waals surface area (Å²) in [4.78, 5) is 24.7. The van der Waals surface area contributed by atoms with Crippen molar-refractivity contribution in [3.8, 4) is 0 Å². The average molecular weight is 295 g/mol. The van der Waals surface area contributed by atoms with E-state index in [4.69, 9.17) is 4.42 Å². The van der Waals surface area contributed by atoms with Gasteiger partial charge in [0.1, 0.15) is 0 Å². The fourth-order valence-electron chi connectivity index (χ4n) is 2.39. The van der Waals surface area contributed by atoms with Gasteiger partial charge in [-0.25, -0.2) is 9.36 Å². The molecule has 0 aliphatic rings. The molecule has 0 bridgehead atoms. The van der Waals surface area contributed by atoms with E-state index in [0.717, 1.165) is 10.1 Å². The number of hydrogen-bond acceptors (Lipinski definition) is 3. The van der Waals surface area contributed by atoms with Crippen molar-refractivity contribution in [1.82, 2.24) is 4.57 Å². The van der Waals surface area contributed by atoms with Crippen LogP contribution in [0, 0.1) is 0 Å². The standard InChI is InChI=1S/C18H17NO3/c1-18(2,3)13-9-10-15-14(11-13)19(17(21)22-15)16(20)12-7-5-4-6-8-12/h4-11H,1-3H3. The zero-order valence-corrected chi connectivity index (χ0v) is 12.8. The van der Waals surface area contributed by atoms with Gasteiger partial charge in [-0.05, 0) is 35.2 Å². The number of carbonyl (C=O) groups is 1. The summed E-state index contributed by atoms with van der Waals surface area (Å²) in [6.45, 7) is 6.24. The van der Waals surface area contributed by atoms with Crippen molar-refractivity contribution < 1.29 is 9.21 Å². The van der Waals surface area contributed by atoms with Gasteiger partial charge in [-0.15, -0.1) is 0 Å². The zero-order valence-electron chi connectivity index (χ0n) is 12.8. The Morgan fingerprint density at radius 3 is 2.36 bits per heavy atom. The molecular weight excluding hydrogens is 278 g/mol. The molecule has 0 unspecified atom stereocenters. The molecule has 3 rings (SSSR count). The van der Waals surface area contributed by atoms with Crippen LogP contribution < -0.4 is 5.76 Å². The van der Waals surface area contributed by atoms with Crippen LogP contribution in [0.3, 0.4) is 0 Å². The van der Waals surface area contributed by atoms with Gasteiger partial charge in [0.15, 0.2) is 5.58 Å². The van der Waals surface area contributed by atoms with Gasteiger partial charge in [0.05, 0.1) is 5.52 Å². The van der Waals surface area contributed by atoms with Gasteiger partial charge in [-0.3, -0.25) is 4.79 Å². The van der Waals surface area contributed by atoms with E-state index < -0.39 is 5.76 Å². The van der Waals surface area contributed by atoms with Crippen LogP contribution in [-0.2, 0) is 5.41 Å². The van der Waals surface area contributed by atoms with Crippen molar-refractivity contribution in [2.24, 2.45) is 0 Å². The summed E-state index contributed by atoms with van der Waals surface area (Å²) in [5.41, 5.74) is 2.33. The van der Waals surface area contributed by atoms with Gasteiger partial charge in [-0.2, -0.15) is 0 Å². The minimum Gasteiger partial charge on any atom is -0.407 e. The molecule has 3 aromatic rings. The van der Waals surface area contributed by atoms with E-state index in [1.807, 2.05) is 18.2 Å². The molecule has 0 saturated heterocycles. The molecule has 1 aromatic heterocycles. The maximum Gasteiger partial charge on any atom is 0.427 e. The van der Waals surface area contributed by atoms with E-state index in [2.05, 4.69) is 20.8 Å². The Labute approximate surface area is 128 Å². The van der Waals surface area contributed by atoms with Crippen molar-refractivity contribution >= 4 is 17.0 Å². The molecule has 0 amide bonds. The molecule has 0 aliphatic heterocycles. The van der Waals surface area contributed by atoms with E-state index in [1.54, 1.807) is 30.3 Å². The van der Waals surface area contributed by atoms with Crippen LogP contribution >= 0.6 is 0 Å². The van der Waals surface area contributed by atoms with Gasteiger partial charge >= 0.3 is 5.76 Å². The second-order valence-electron chi connectivity index (χ2n) is 6.31. The predicted octanol–water partition coefficient (Wildman–Crippen LogP) is 3.58. The Hall–Kier alpha value is -2.62. The van der Waals surface area contributed by atoms with Crippen molar-refractivity contribution in [3.63, 3.8) is 0 Å². The molecule has 0 atom stereocenters. The molecule has 0 radical (unpaired) electrons. The van der Waals surface area contributed by atoms with Gasteiger partial charge in [0.25, 0.3) is 5.91 Å². The summed E-state index contributed by atoms with van der Waals surface area (Å²) in [5.74, 6) is -1.04. The van der Waals surface area contributed by atoms with Gasteiger partial charge in [0.2, 0.25) is 0 Å². The molecule has 4 heteroatoms. The first kappa shape index (κ1) is 14.3. The van der Waals surface area contributed by atoms with E-state index in [-0.39, 0.29) is 11.3 Å². The Morgan fingerprint density at radius 2 is 1.73 bits per heavy atom. The Balaban J connectivity index is 2.23. The second kappa shape index (κ2) is 4.98. The minimum atomic E-state index is -0.657. The number of nitrogens with zero attached hydrogens (tertiary/aromatic N) is 1. The molecule has 0 N–H and O–H groups in total. The number of rotatable bonds is 1. The summed E-state index contributed by atoms with van der Waals surface area (Å²) in [6.07, 6.45) is 0. The summed E-state index contributed by atoms with van der Waals surface area (Å²) in [5, 5.41) is 0. The first-order valence-electron chi connectivity index (χ1n) is 7.14. The first-order chi connectivity index (χ1) is 10.4. The van der Waals surface area contributed by atoms with Crippen molar-refractivity contribution in [2.45, 2.75) is 26.2 Å². The van der Waals surface area contributed by atoms with Crippen LogP contribution in [0.5, 0.6) is 0 Å². The average Bonchev–Trinajstić information content (AvgIpc) is 2.81. The minimum absolute atomic E-state index is 0.0812. The van der Waals surface area contributed by atoms with Crippen LogP contribution in [0.1, 0.15) is 36.7 Å². The molecule has 2 aromatic carbocycles. The lowest BCUT2D eigenvalue weighted by molar-refractivity contribution is 0.0956. The zero-order chi connectivity index (χ0) is 15.9. The highest BCUT2D eigenvalue weighted by atomic mass is 16.4. The SMILES string of the molecule is CC(C)(C)c1ccc2oc(=O)n(C(=O)c3ccccc3)c2c1. The van der Waals surface area contributed by atoms with Crippen molar-refractivity contribution in [3.05, 3.63) is 70.2 Å². The summed E-state index contributed by atoms with van der Waals surface area (Å²) in [6, 6.07) is 14.2. The van der Waals surface area contributed by atoms with Gasteiger partial charge < -0.3 is 4.42 Å².